The molecular formula is C17H33N3O. The van der Waals surface area contributed by atoms with Crippen molar-refractivity contribution in [2.75, 3.05) is 26.2 Å². The van der Waals surface area contributed by atoms with Gasteiger partial charge in [-0.15, -0.1) is 0 Å². The van der Waals surface area contributed by atoms with Crippen LogP contribution in [0.15, 0.2) is 0 Å². The summed E-state index contributed by atoms with van der Waals surface area (Å²) in [6.45, 7) is 5.96. The summed E-state index contributed by atoms with van der Waals surface area (Å²) in [5.41, 5.74) is 6.06. The van der Waals surface area contributed by atoms with Crippen LogP contribution in [0, 0.1) is 5.41 Å². The second-order valence-corrected chi connectivity index (χ2v) is 7.02. The molecule has 4 nitrogen and oxygen atoms in total. The van der Waals surface area contributed by atoms with E-state index in [4.69, 9.17) is 5.73 Å². The van der Waals surface area contributed by atoms with Gasteiger partial charge in [-0.1, -0.05) is 32.6 Å². The lowest BCUT2D eigenvalue weighted by Gasteiger charge is -2.37. The maximum atomic E-state index is 12.3. The molecule has 0 bridgehead atoms. The first-order chi connectivity index (χ1) is 10.2. The topological polar surface area (TPSA) is 58.4 Å². The summed E-state index contributed by atoms with van der Waals surface area (Å²) in [5, 5.41) is 3.19. The normalized spacial score (nSPS) is 26.5. The number of amides is 1. The van der Waals surface area contributed by atoms with Crippen molar-refractivity contribution in [3.63, 3.8) is 0 Å². The Morgan fingerprint density at radius 3 is 2.67 bits per heavy atom. The van der Waals surface area contributed by atoms with Crippen molar-refractivity contribution in [3.05, 3.63) is 0 Å². The van der Waals surface area contributed by atoms with Crippen molar-refractivity contribution >= 4 is 5.91 Å². The fourth-order valence-electron chi connectivity index (χ4n) is 4.10. The van der Waals surface area contributed by atoms with Gasteiger partial charge in [0.2, 0.25) is 5.91 Å². The van der Waals surface area contributed by atoms with Gasteiger partial charge in [0, 0.05) is 19.0 Å². The zero-order chi connectivity index (χ0) is 15.1. The Morgan fingerprint density at radius 1 is 1.24 bits per heavy atom. The molecule has 2 aliphatic rings. The number of carbonyl (C=O) groups is 1. The van der Waals surface area contributed by atoms with E-state index in [1.54, 1.807) is 0 Å². The van der Waals surface area contributed by atoms with Gasteiger partial charge in [-0.2, -0.15) is 0 Å². The van der Waals surface area contributed by atoms with Crippen LogP contribution in [0.5, 0.6) is 0 Å². The van der Waals surface area contributed by atoms with Gasteiger partial charge in [-0.25, -0.2) is 0 Å². The first kappa shape index (κ1) is 16.8. The molecule has 3 N–H and O–H groups in total. The van der Waals surface area contributed by atoms with Crippen LogP contribution >= 0.6 is 0 Å². The Balaban J connectivity index is 1.78. The largest absolute Gasteiger partial charge is 0.355 e. The molecule has 1 amide bonds. The highest BCUT2D eigenvalue weighted by Gasteiger charge is 2.33. The van der Waals surface area contributed by atoms with Crippen LogP contribution in [0.3, 0.4) is 0 Å². The first-order valence-corrected chi connectivity index (χ1v) is 8.90. The zero-order valence-electron chi connectivity index (χ0n) is 13.7. The fraction of sp³-hybridized carbons (Fsp3) is 0.941. The zero-order valence-corrected chi connectivity index (χ0v) is 13.7. The molecule has 0 spiro atoms. The molecule has 0 aromatic carbocycles. The van der Waals surface area contributed by atoms with Crippen LogP contribution in [0.4, 0.5) is 0 Å². The quantitative estimate of drug-likeness (QED) is 0.790. The average Bonchev–Trinajstić information content (AvgIpc) is 2.54. The predicted molar refractivity (Wildman–Crippen MR) is 87.1 cm³/mol. The van der Waals surface area contributed by atoms with Crippen LogP contribution in [0.2, 0.25) is 0 Å². The molecule has 1 heterocycles. The maximum Gasteiger partial charge on any atom is 0.220 e. The van der Waals surface area contributed by atoms with Crippen molar-refractivity contribution in [2.24, 2.45) is 11.1 Å². The van der Waals surface area contributed by atoms with Crippen molar-refractivity contribution in [1.29, 1.82) is 0 Å². The van der Waals surface area contributed by atoms with Gasteiger partial charge in [-0.05, 0) is 50.7 Å². The number of nitrogens with one attached hydrogen (secondary N) is 1. The third-order valence-electron chi connectivity index (χ3n) is 5.57. The van der Waals surface area contributed by atoms with Gasteiger partial charge < -0.3 is 11.1 Å². The van der Waals surface area contributed by atoms with Crippen molar-refractivity contribution in [3.8, 4) is 0 Å². The minimum Gasteiger partial charge on any atom is -0.355 e. The molecule has 1 aliphatic carbocycles. The highest BCUT2D eigenvalue weighted by molar-refractivity contribution is 5.76. The molecule has 2 fully saturated rings. The molecule has 0 radical (unpaired) electrons. The van der Waals surface area contributed by atoms with Crippen molar-refractivity contribution < 1.29 is 4.79 Å². The Hall–Kier alpha value is -0.610. The lowest BCUT2D eigenvalue weighted by Crippen LogP contribution is -2.47. The highest BCUT2D eigenvalue weighted by Crippen LogP contribution is 2.38. The first-order valence-electron chi connectivity index (χ1n) is 8.90. The minimum atomic E-state index is 0.0827. The van der Waals surface area contributed by atoms with Crippen LogP contribution < -0.4 is 11.1 Å². The summed E-state index contributed by atoms with van der Waals surface area (Å²) >= 11 is 0. The number of nitrogens with two attached hydrogens (primary N) is 1. The lowest BCUT2D eigenvalue weighted by molar-refractivity contribution is -0.124. The summed E-state index contributed by atoms with van der Waals surface area (Å²) in [6.07, 6.45) is 10.5. The second-order valence-electron chi connectivity index (χ2n) is 7.02. The van der Waals surface area contributed by atoms with E-state index >= 15 is 0 Å². The molecule has 1 saturated heterocycles. The Bertz CT molecular complexity index is 326. The van der Waals surface area contributed by atoms with Crippen LogP contribution in [-0.4, -0.2) is 43.0 Å². The third-order valence-corrected chi connectivity index (χ3v) is 5.57. The average molecular weight is 295 g/mol. The Labute approximate surface area is 129 Å². The molecule has 0 aromatic rings. The van der Waals surface area contributed by atoms with Crippen LogP contribution in [-0.2, 0) is 4.79 Å². The molecule has 0 aromatic heterocycles. The number of carbonyl (C=O) groups excluding carboxylic acids is 1. The van der Waals surface area contributed by atoms with Crippen molar-refractivity contribution in [1.82, 2.24) is 10.2 Å². The molecule has 4 heteroatoms. The summed E-state index contributed by atoms with van der Waals surface area (Å²) < 4.78 is 0. The SMILES string of the molecule is CCN1CCCCC1CNC(=O)CC1(CN)CCCCC1. The van der Waals surface area contributed by atoms with Crippen LogP contribution in [0.25, 0.3) is 0 Å². The van der Waals surface area contributed by atoms with E-state index in [1.165, 1.54) is 45.1 Å². The van der Waals surface area contributed by atoms with E-state index < -0.39 is 0 Å². The minimum absolute atomic E-state index is 0.0827. The Morgan fingerprint density at radius 2 is 2.00 bits per heavy atom. The van der Waals surface area contributed by atoms with E-state index in [1.807, 2.05) is 0 Å². The number of likely N-dealkylation sites (tertiary alicyclic amines) is 1. The van der Waals surface area contributed by atoms with Crippen LogP contribution in [0.1, 0.15) is 64.7 Å². The number of hydrogen-bond acceptors (Lipinski definition) is 3. The van der Waals surface area contributed by atoms with Gasteiger partial charge >= 0.3 is 0 Å². The molecule has 1 atom stereocenters. The van der Waals surface area contributed by atoms with Gasteiger partial charge in [0.05, 0.1) is 0 Å². The van der Waals surface area contributed by atoms with E-state index in [0.29, 0.717) is 19.0 Å². The van der Waals surface area contributed by atoms with E-state index in [0.717, 1.165) is 25.9 Å². The smallest absolute Gasteiger partial charge is 0.220 e. The molecule has 122 valence electrons. The number of nitrogens with zero attached hydrogens (tertiary/aromatic N) is 1. The maximum absolute atomic E-state index is 12.3. The van der Waals surface area contributed by atoms with Gasteiger partial charge in [0.1, 0.15) is 0 Å². The van der Waals surface area contributed by atoms with Gasteiger partial charge in [0.25, 0.3) is 0 Å². The molecular weight excluding hydrogens is 262 g/mol. The number of likely N-dealkylation sites (N-methyl/N-ethyl adjacent to an activating group) is 1. The fourth-order valence-corrected chi connectivity index (χ4v) is 4.10. The summed E-state index contributed by atoms with van der Waals surface area (Å²) in [7, 11) is 0. The summed E-state index contributed by atoms with van der Waals surface area (Å²) in [4.78, 5) is 14.8. The van der Waals surface area contributed by atoms with E-state index in [9.17, 15) is 4.79 Å². The van der Waals surface area contributed by atoms with E-state index in [-0.39, 0.29) is 11.3 Å². The molecule has 2 rings (SSSR count). The monoisotopic (exact) mass is 295 g/mol. The molecule has 1 unspecified atom stereocenters. The lowest BCUT2D eigenvalue weighted by atomic mass is 9.71. The summed E-state index contributed by atoms with van der Waals surface area (Å²) in [6, 6.07) is 0.535. The standard InChI is InChI=1S/C17H33N3O/c1-2-20-11-7-4-8-15(20)13-19-16(21)12-17(14-18)9-5-3-6-10-17/h15H,2-14,18H2,1H3,(H,19,21). The molecule has 21 heavy (non-hydrogen) atoms. The molecule has 1 aliphatic heterocycles. The van der Waals surface area contributed by atoms with Gasteiger partial charge in [0.15, 0.2) is 0 Å². The van der Waals surface area contributed by atoms with Crippen molar-refractivity contribution in [2.45, 2.75) is 70.8 Å². The summed E-state index contributed by atoms with van der Waals surface area (Å²) in [5.74, 6) is 0.212. The third kappa shape index (κ3) is 4.68. The predicted octanol–water partition coefficient (Wildman–Crippen LogP) is 2.28. The highest BCUT2D eigenvalue weighted by atomic mass is 16.1. The molecule has 1 saturated carbocycles. The van der Waals surface area contributed by atoms with E-state index in [2.05, 4.69) is 17.1 Å². The van der Waals surface area contributed by atoms with Gasteiger partial charge in [-0.3, -0.25) is 9.69 Å². The Kier molecular flexibility index (Phi) is 6.49. The number of rotatable bonds is 6. The second kappa shape index (κ2) is 8.14. The number of piperidine rings is 1. The number of hydrogen-bond donors (Lipinski definition) is 2.